The van der Waals surface area contributed by atoms with Crippen molar-refractivity contribution in [3.8, 4) is 0 Å². The number of nitrogens with zero attached hydrogens (tertiary/aromatic N) is 1. The summed E-state index contributed by atoms with van der Waals surface area (Å²) < 4.78 is 0. The first-order chi connectivity index (χ1) is 9.66. The number of nitrogens with one attached hydrogen (secondary N) is 1. The summed E-state index contributed by atoms with van der Waals surface area (Å²) in [5.74, 6) is -2.03. The Morgan fingerprint density at radius 2 is 2.00 bits per heavy atom. The lowest BCUT2D eigenvalue weighted by Crippen LogP contribution is -2.40. The van der Waals surface area contributed by atoms with Crippen LogP contribution in [0, 0.1) is 23.7 Å². The number of carbonyl (C=O) groups is 2. The molecule has 1 fully saturated rings. The van der Waals surface area contributed by atoms with Crippen molar-refractivity contribution in [3.05, 3.63) is 42.2 Å². The van der Waals surface area contributed by atoms with Crippen LogP contribution in [0.5, 0.6) is 0 Å². The maximum atomic E-state index is 12.3. The van der Waals surface area contributed by atoms with Gasteiger partial charge in [0, 0.05) is 6.20 Å². The van der Waals surface area contributed by atoms with Crippen LogP contribution in [-0.4, -0.2) is 22.0 Å². The van der Waals surface area contributed by atoms with Crippen molar-refractivity contribution < 1.29 is 14.7 Å². The molecule has 1 heterocycles. The smallest absolute Gasteiger partial charge is 0.307 e. The van der Waals surface area contributed by atoms with Crippen LogP contribution in [0.3, 0.4) is 0 Å². The molecule has 1 aromatic rings. The van der Waals surface area contributed by atoms with Gasteiger partial charge in [0.15, 0.2) is 0 Å². The van der Waals surface area contributed by atoms with E-state index in [9.17, 15) is 14.7 Å². The lowest BCUT2D eigenvalue weighted by Gasteiger charge is -2.23. The van der Waals surface area contributed by atoms with Gasteiger partial charge in [-0.25, -0.2) is 0 Å². The van der Waals surface area contributed by atoms with Crippen LogP contribution in [0.25, 0.3) is 0 Å². The monoisotopic (exact) mass is 272 g/mol. The minimum atomic E-state index is -0.875. The Morgan fingerprint density at radius 1 is 1.25 bits per heavy atom. The lowest BCUT2D eigenvalue weighted by atomic mass is 9.82. The Bertz CT molecular complexity index is 555. The fraction of sp³-hybridized carbons (Fsp3) is 0.400. The normalized spacial score (nSPS) is 30.4. The second-order valence-electron chi connectivity index (χ2n) is 5.38. The van der Waals surface area contributed by atoms with E-state index in [1.165, 1.54) is 0 Å². The van der Waals surface area contributed by atoms with Crippen molar-refractivity contribution in [1.29, 1.82) is 0 Å². The molecular weight excluding hydrogens is 256 g/mol. The zero-order chi connectivity index (χ0) is 14.1. The van der Waals surface area contributed by atoms with E-state index in [4.69, 9.17) is 0 Å². The number of allylic oxidation sites excluding steroid dienone is 2. The van der Waals surface area contributed by atoms with E-state index in [1.807, 2.05) is 30.4 Å². The molecule has 5 heteroatoms. The molecule has 4 atom stereocenters. The van der Waals surface area contributed by atoms with E-state index in [2.05, 4.69) is 10.3 Å². The van der Waals surface area contributed by atoms with Gasteiger partial charge < -0.3 is 10.4 Å². The minimum Gasteiger partial charge on any atom is -0.481 e. The molecular formula is C15H16N2O3. The van der Waals surface area contributed by atoms with Crippen LogP contribution >= 0.6 is 0 Å². The van der Waals surface area contributed by atoms with Crippen LogP contribution in [0.4, 0.5) is 0 Å². The molecule has 2 aliphatic carbocycles. The molecule has 0 spiro atoms. The highest BCUT2D eigenvalue weighted by Crippen LogP contribution is 2.48. The summed E-state index contributed by atoms with van der Waals surface area (Å²) in [4.78, 5) is 27.8. The van der Waals surface area contributed by atoms with Gasteiger partial charge in [-0.05, 0) is 30.4 Å². The van der Waals surface area contributed by atoms with Gasteiger partial charge in [-0.2, -0.15) is 0 Å². The number of pyridine rings is 1. The summed E-state index contributed by atoms with van der Waals surface area (Å²) in [5.41, 5.74) is 0.770. The van der Waals surface area contributed by atoms with E-state index in [-0.39, 0.29) is 17.7 Å². The molecule has 2 bridgehead atoms. The minimum absolute atomic E-state index is 0.00287. The first kappa shape index (κ1) is 12.8. The van der Waals surface area contributed by atoms with Crippen LogP contribution in [-0.2, 0) is 16.1 Å². The van der Waals surface area contributed by atoms with Crippen LogP contribution in [0.15, 0.2) is 36.5 Å². The average Bonchev–Trinajstić information content (AvgIpc) is 3.06. The number of amides is 1. The van der Waals surface area contributed by atoms with Crippen LogP contribution in [0.1, 0.15) is 12.1 Å². The number of carboxylic acid groups (broad SMARTS) is 1. The fourth-order valence-electron chi connectivity index (χ4n) is 3.31. The SMILES string of the molecule is O=C(O)[C@@H]1[C@@H](C(=O)NCc2ccccn2)[C@H]2C=C[C@H]1C2. The molecule has 104 valence electrons. The summed E-state index contributed by atoms with van der Waals surface area (Å²) in [7, 11) is 0. The maximum absolute atomic E-state index is 12.3. The van der Waals surface area contributed by atoms with Crippen molar-refractivity contribution >= 4 is 11.9 Å². The molecule has 2 aliphatic rings. The number of hydrogen-bond donors (Lipinski definition) is 2. The molecule has 3 rings (SSSR count). The van der Waals surface area contributed by atoms with Gasteiger partial charge in [-0.15, -0.1) is 0 Å². The summed E-state index contributed by atoms with van der Waals surface area (Å²) in [5, 5.41) is 12.1. The summed E-state index contributed by atoms with van der Waals surface area (Å²) in [6, 6.07) is 5.50. The van der Waals surface area contributed by atoms with Gasteiger partial charge in [-0.1, -0.05) is 18.2 Å². The van der Waals surface area contributed by atoms with Gasteiger partial charge in [0.25, 0.3) is 0 Å². The summed E-state index contributed by atoms with van der Waals surface area (Å²) in [6.45, 7) is 0.337. The van der Waals surface area contributed by atoms with Crippen molar-refractivity contribution in [1.82, 2.24) is 10.3 Å². The van der Waals surface area contributed by atoms with E-state index in [0.717, 1.165) is 12.1 Å². The molecule has 0 saturated heterocycles. The van der Waals surface area contributed by atoms with Gasteiger partial charge in [0.05, 0.1) is 24.1 Å². The van der Waals surface area contributed by atoms with Crippen molar-refractivity contribution in [3.63, 3.8) is 0 Å². The molecule has 1 amide bonds. The van der Waals surface area contributed by atoms with Crippen molar-refractivity contribution in [2.75, 3.05) is 0 Å². The highest BCUT2D eigenvalue weighted by molar-refractivity contribution is 5.86. The molecule has 1 saturated carbocycles. The number of hydrogen-bond acceptors (Lipinski definition) is 3. The third-order valence-corrected chi connectivity index (χ3v) is 4.22. The number of fused-ring (bicyclic) bond motifs is 2. The zero-order valence-electron chi connectivity index (χ0n) is 10.9. The molecule has 2 N–H and O–H groups in total. The Labute approximate surface area is 116 Å². The largest absolute Gasteiger partial charge is 0.481 e. The van der Waals surface area contributed by atoms with Crippen molar-refractivity contribution in [2.24, 2.45) is 23.7 Å². The molecule has 0 aromatic carbocycles. The standard InChI is InChI=1S/C15H16N2O3/c18-14(17-8-11-3-1-2-6-16-11)12-9-4-5-10(7-9)13(12)15(19)20/h1-6,9-10,12-13H,7-8H2,(H,17,18)(H,19,20)/t9-,10-,12-,13-/m0/s1. The summed E-state index contributed by atoms with van der Waals surface area (Å²) in [6.07, 6.45) is 6.36. The molecule has 5 nitrogen and oxygen atoms in total. The number of carbonyl (C=O) groups excluding carboxylic acids is 1. The number of aliphatic carboxylic acids is 1. The predicted molar refractivity (Wildman–Crippen MR) is 71.4 cm³/mol. The zero-order valence-corrected chi connectivity index (χ0v) is 10.9. The van der Waals surface area contributed by atoms with Gasteiger partial charge in [0.1, 0.15) is 0 Å². The van der Waals surface area contributed by atoms with E-state index >= 15 is 0 Å². The first-order valence-corrected chi connectivity index (χ1v) is 6.75. The van der Waals surface area contributed by atoms with E-state index in [1.54, 1.807) is 6.20 Å². The third-order valence-electron chi connectivity index (χ3n) is 4.22. The summed E-state index contributed by atoms with van der Waals surface area (Å²) >= 11 is 0. The second kappa shape index (κ2) is 5.07. The maximum Gasteiger partial charge on any atom is 0.307 e. The van der Waals surface area contributed by atoms with Crippen LogP contribution < -0.4 is 5.32 Å². The van der Waals surface area contributed by atoms with Gasteiger partial charge in [0.2, 0.25) is 5.91 Å². The predicted octanol–water partition coefficient (Wildman–Crippen LogP) is 1.22. The highest BCUT2D eigenvalue weighted by atomic mass is 16.4. The molecule has 0 unspecified atom stereocenters. The average molecular weight is 272 g/mol. The topological polar surface area (TPSA) is 79.3 Å². The highest BCUT2D eigenvalue weighted by Gasteiger charge is 2.51. The quantitative estimate of drug-likeness (QED) is 0.808. The molecule has 0 radical (unpaired) electrons. The Hall–Kier alpha value is -2.17. The molecule has 0 aliphatic heterocycles. The Morgan fingerprint density at radius 3 is 2.65 bits per heavy atom. The number of carboxylic acids is 1. The molecule has 1 aromatic heterocycles. The third kappa shape index (κ3) is 2.19. The number of aromatic nitrogens is 1. The van der Waals surface area contributed by atoms with Gasteiger partial charge in [-0.3, -0.25) is 14.6 Å². The number of rotatable bonds is 4. The van der Waals surface area contributed by atoms with E-state index < -0.39 is 17.8 Å². The Balaban J connectivity index is 1.68. The fourth-order valence-corrected chi connectivity index (χ4v) is 3.31. The Kier molecular flexibility index (Phi) is 3.26. The van der Waals surface area contributed by atoms with Gasteiger partial charge >= 0.3 is 5.97 Å². The van der Waals surface area contributed by atoms with Crippen molar-refractivity contribution in [2.45, 2.75) is 13.0 Å². The van der Waals surface area contributed by atoms with Crippen LogP contribution in [0.2, 0.25) is 0 Å². The second-order valence-corrected chi connectivity index (χ2v) is 5.38. The molecule has 20 heavy (non-hydrogen) atoms. The lowest BCUT2D eigenvalue weighted by molar-refractivity contribution is -0.147. The first-order valence-electron chi connectivity index (χ1n) is 6.75. The van der Waals surface area contributed by atoms with E-state index in [0.29, 0.717) is 6.54 Å².